The Labute approximate surface area is 166 Å². The van der Waals surface area contributed by atoms with Crippen LogP contribution in [-0.4, -0.2) is 57.7 Å². The molecule has 5 nitrogen and oxygen atoms in total. The van der Waals surface area contributed by atoms with Gasteiger partial charge in [-0.3, -0.25) is 0 Å². The molecule has 27 heavy (non-hydrogen) atoms. The van der Waals surface area contributed by atoms with Crippen molar-refractivity contribution >= 4 is 17.3 Å². The molecule has 1 heterocycles. The zero-order valence-corrected chi connectivity index (χ0v) is 16.7. The summed E-state index contributed by atoms with van der Waals surface area (Å²) in [4.78, 5) is 3.78. The van der Waals surface area contributed by atoms with Crippen LogP contribution in [-0.2, 0) is 0 Å². The highest BCUT2D eigenvalue weighted by atomic mass is 35.5. The Morgan fingerprint density at radius 2 is 1.78 bits per heavy atom. The number of nitrogens with one attached hydrogen (secondary N) is 1. The molecule has 1 aliphatic heterocycles. The van der Waals surface area contributed by atoms with E-state index in [1.54, 1.807) is 7.11 Å². The molecule has 0 spiro atoms. The van der Waals surface area contributed by atoms with Gasteiger partial charge in [0.05, 0.1) is 33.3 Å². The summed E-state index contributed by atoms with van der Waals surface area (Å²) in [5.74, 6) is 1.62. The van der Waals surface area contributed by atoms with Gasteiger partial charge in [-0.1, -0.05) is 11.6 Å². The van der Waals surface area contributed by atoms with Crippen LogP contribution in [0.5, 0.6) is 11.5 Å². The third kappa shape index (κ3) is 5.51. The van der Waals surface area contributed by atoms with Crippen LogP contribution < -0.4 is 19.3 Å². The SMILES string of the molecule is COc1ccc(N2CC[NH+](C[C@H](O)COc3ccc(Cl)c(C)c3)CC2)cc1. The van der Waals surface area contributed by atoms with Gasteiger partial charge in [-0.15, -0.1) is 0 Å². The zero-order valence-electron chi connectivity index (χ0n) is 16.0. The maximum Gasteiger partial charge on any atom is 0.137 e. The van der Waals surface area contributed by atoms with Crippen molar-refractivity contribution in [2.45, 2.75) is 13.0 Å². The number of nitrogens with zero attached hydrogens (tertiary/aromatic N) is 1. The van der Waals surface area contributed by atoms with E-state index in [0.29, 0.717) is 13.2 Å². The lowest BCUT2D eigenvalue weighted by atomic mass is 10.2. The Kier molecular flexibility index (Phi) is 6.83. The minimum absolute atomic E-state index is 0.298. The van der Waals surface area contributed by atoms with Crippen LogP contribution in [0.25, 0.3) is 0 Å². The van der Waals surface area contributed by atoms with Gasteiger partial charge < -0.3 is 24.4 Å². The maximum absolute atomic E-state index is 10.3. The van der Waals surface area contributed by atoms with Crippen molar-refractivity contribution in [2.24, 2.45) is 0 Å². The van der Waals surface area contributed by atoms with E-state index in [9.17, 15) is 5.11 Å². The van der Waals surface area contributed by atoms with E-state index in [2.05, 4.69) is 17.0 Å². The van der Waals surface area contributed by atoms with Crippen molar-refractivity contribution in [2.75, 3.05) is 51.3 Å². The van der Waals surface area contributed by atoms with Crippen molar-refractivity contribution in [3.05, 3.63) is 53.1 Å². The van der Waals surface area contributed by atoms with Gasteiger partial charge >= 0.3 is 0 Å². The monoisotopic (exact) mass is 391 g/mol. The van der Waals surface area contributed by atoms with Crippen LogP contribution in [0, 0.1) is 6.92 Å². The van der Waals surface area contributed by atoms with Crippen LogP contribution in [0.2, 0.25) is 5.02 Å². The number of aliphatic hydroxyl groups excluding tert-OH is 1. The number of hydrogen-bond donors (Lipinski definition) is 2. The van der Waals surface area contributed by atoms with E-state index in [1.807, 2.05) is 37.3 Å². The number of piperazine rings is 1. The lowest BCUT2D eigenvalue weighted by Gasteiger charge is -2.34. The first kappa shape index (κ1) is 19.8. The number of halogens is 1. The van der Waals surface area contributed by atoms with Crippen LogP contribution in [0.1, 0.15) is 5.56 Å². The first-order valence-electron chi connectivity index (χ1n) is 9.34. The van der Waals surface area contributed by atoms with Crippen LogP contribution in [0.15, 0.2) is 42.5 Å². The fourth-order valence-electron chi connectivity index (χ4n) is 3.37. The molecule has 1 atom stereocenters. The molecule has 0 aliphatic carbocycles. The number of benzene rings is 2. The summed E-state index contributed by atoms with van der Waals surface area (Å²) in [7, 11) is 1.68. The third-order valence-corrected chi connectivity index (χ3v) is 5.43. The molecule has 146 valence electrons. The Morgan fingerprint density at radius 1 is 1.11 bits per heavy atom. The van der Waals surface area contributed by atoms with Gasteiger partial charge in [0, 0.05) is 10.7 Å². The summed E-state index contributed by atoms with van der Waals surface area (Å²) in [6.07, 6.45) is -0.483. The van der Waals surface area contributed by atoms with Crippen LogP contribution in [0.3, 0.4) is 0 Å². The van der Waals surface area contributed by atoms with Crippen molar-refractivity contribution in [1.29, 1.82) is 0 Å². The lowest BCUT2D eigenvalue weighted by Crippen LogP contribution is -3.16. The summed E-state index contributed by atoms with van der Waals surface area (Å²) >= 11 is 6.02. The fraction of sp³-hybridized carbons (Fsp3) is 0.429. The molecule has 0 unspecified atom stereocenters. The minimum Gasteiger partial charge on any atom is -0.497 e. The Balaban J connectivity index is 1.42. The first-order valence-corrected chi connectivity index (χ1v) is 9.72. The largest absolute Gasteiger partial charge is 0.497 e. The Morgan fingerprint density at radius 3 is 2.41 bits per heavy atom. The van der Waals surface area contributed by atoms with Crippen molar-refractivity contribution in [1.82, 2.24) is 0 Å². The van der Waals surface area contributed by atoms with Gasteiger partial charge in [-0.05, 0) is 55.0 Å². The lowest BCUT2D eigenvalue weighted by molar-refractivity contribution is -0.903. The summed E-state index contributed by atoms with van der Waals surface area (Å²) in [5, 5.41) is 11.1. The van der Waals surface area contributed by atoms with E-state index in [1.165, 1.54) is 10.6 Å². The van der Waals surface area contributed by atoms with E-state index < -0.39 is 6.10 Å². The molecule has 3 rings (SSSR count). The van der Waals surface area contributed by atoms with Gasteiger partial charge in [0.2, 0.25) is 0 Å². The average molecular weight is 392 g/mol. The molecule has 2 aromatic rings. The van der Waals surface area contributed by atoms with Crippen molar-refractivity contribution in [3.63, 3.8) is 0 Å². The number of methoxy groups -OCH3 is 1. The normalized spacial score (nSPS) is 16.2. The molecule has 2 N–H and O–H groups in total. The topological polar surface area (TPSA) is 46.4 Å². The first-order chi connectivity index (χ1) is 13.0. The maximum atomic E-state index is 10.3. The quantitative estimate of drug-likeness (QED) is 0.755. The average Bonchev–Trinajstić information content (AvgIpc) is 2.69. The van der Waals surface area contributed by atoms with E-state index >= 15 is 0 Å². The highest BCUT2D eigenvalue weighted by Gasteiger charge is 2.23. The predicted octanol–water partition coefficient (Wildman–Crippen LogP) is 1.80. The molecule has 0 aromatic heterocycles. The molecule has 2 aromatic carbocycles. The van der Waals surface area contributed by atoms with Gasteiger partial charge in [-0.2, -0.15) is 0 Å². The van der Waals surface area contributed by atoms with Crippen molar-refractivity contribution < 1.29 is 19.5 Å². The number of anilines is 1. The van der Waals surface area contributed by atoms with Gasteiger partial charge in [0.25, 0.3) is 0 Å². The molecule has 6 heteroatoms. The molecule has 0 radical (unpaired) electrons. The Bertz CT molecular complexity index is 731. The molecular weight excluding hydrogens is 364 g/mol. The number of aryl methyl sites for hydroxylation is 1. The van der Waals surface area contributed by atoms with Gasteiger partial charge in [0.1, 0.15) is 30.8 Å². The zero-order chi connectivity index (χ0) is 19.2. The number of rotatable bonds is 7. The van der Waals surface area contributed by atoms with E-state index in [-0.39, 0.29) is 0 Å². The Hall–Kier alpha value is -1.95. The molecule has 1 fully saturated rings. The molecular formula is C21H28ClN2O3+. The molecule has 0 saturated carbocycles. The number of aliphatic hydroxyl groups is 1. The second kappa shape index (κ2) is 9.31. The highest BCUT2D eigenvalue weighted by molar-refractivity contribution is 6.31. The molecule has 1 aliphatic rings. The van der Waals surface area contributed by atoms with Gasteiger partial charge in [-0.25, -0.2) is 0 Å². The van der Waals surface area contributed by atoms with E-state index in [0.717, 1.165) is 48.3 Å². The highest BCUT2D eigenvalue weighted by Crippen LogP contribution is 2.21. The summed E-state index contributed by atoms with van der Waals surface area (Å²) in [6, 6.07) is 13.7. The standard InChI is InChI=1S/C21H27ClN2O3/c1-16-13-20(7-8-21(16)22)27-15-18(25)14-23-9-11-24(12-10-23)17-3-5-19(26-2)6-4-17/h3-8,13,18,25H,9-12,14-15H2,1-2H3/p+1/t18-/m0/s1. The second-order valence-electron chi connectivity index (χ2n) is 7.02. The minimum atomic E-state index is -0.483. The molecule has 0 amide bonds. The van der Waals surface area contributed by atoms with Crippen molar-refractivity contribution in [3.8, 4) is 11.5 Å². The third-order valence-electron chi connectivity index (χ3n) is 5.00. The summed E-state index contributed by atoms with van der Waals surface area (Å²) in [6.45, 7) is 6.90. The predicted molar refractivity (Wildman–Crippen MR) is 108 cm³/mol. The number of hydrogen-bond acceptors (Lipinski definition) is 4. The van der Waals surface area contributed by atoms with Crippen LogP contribution >= 0.6 is 11.6 Å². The fourth-order valence-corrected chi connectivity index (χ4v) is 3.49. The van der Waals surface area contributed by atoms with Gasteiger partial charge in [0.15, 0.2) is 0 Å². The summed E-state index contributed by atoms with van der Waals surface area (Å²) < 4.78 is 10.9. The molecule has 0 bridgehead atoms. The second-order valence-corrected chi connectivity index (χ2v) is 7.42. The summed E-state index contributed by atoms with van der Waals surface area (Å²) in [5.41, 5.74) is 2.20. The van der Waals surface area contributed by atoms with Crippen LogP contribution in [0.4, 0.5) is 5.69 Å². The number of quaternary nitrogens is 1. The molecule has 1 saturated heterocycles. The smallest absolute Gasteiger partial charge is 0.137 e. The number of ether oxygens (including phenoxy) is 2. The van der Waals surface area contributed by atoms with E-state index in [4.69, 9.17) is 21.1 Å².